The third-order valence-electron chi connectivity index (χ3n) is 4.98. The fourth-order valence-corrected chi connectivity index (χ4v) is 3.36. The monoisotopic (exact) mass is 413 g/mol. The Hall–Kier alpha value is -3.87. The predicted molar refractivity (Wildman–Crippen MR) is 118 cm³/mol. The normalized spacial score (nSPS) is 10.8. The third kappa shape index (κ3) is 4.50. The van der Waals surface area contributed by atoms with Crippen molar-refractivity contribution in [2.75, 3.05) is 6.61 Å². The SMILES string of the molecule is CCOc1ccc(-c2cnn(C)c2)cc1-c1cnc(CC(=O)c2cnccc2C)cn1. The number of hydrogen-bond donors (Lipinski definition) is 0. The Morgan fingerprint density at radius 2 is 1.94 bits per heavy atom. The molecule has 0 aliphatic heterocycles. The summed E-state index contributed by atoms with van der Waals surface area (Å²) in [5.41, 5.74) is 5.67. The fraction of sp³-hybridized carbons (Fsp3) is 0.208. The lowest BCUT2D eigenvalue weighted by Crippen LogP contribution is -2.08. The molecule has 3 aromatic heterocycles. The van der Waals surface area contributed by atoms with E-state index in [-0.39, 0.29) is 12.2 Å². The average Bonchev–Trinajstić information content (AvgIpc) is 3.21. The summed E-state index contributed by atoms with van der Waals surface area (Å²) in [6.07, 6.45) is 10.6. The maximum absolute atomic E-state index is 12.6. The van der Waals surface area contributed by atoms with E-state index in [1.165, 1.54) is 0 Å². The van der Waals surface area contributed by atoms with Gasteiger partial charge in [-0.2, -0.15) is 5.10 Å². The molecule has 156 valence electrons. The number of carbonyl (C=O) groups excluding carboxylic acids is 1. The number of rotatable bonds is 7. The van der Waals surface area contributed by atoms with Crippen molar-refractivity contribution in [2.24, 2.45) is 7.05 Å². The van der Waals surface area contributed by atoms with Gasteiger partial charge in [-0.25, -0.2) is 0 Å². The Kier molecular flexibility index (Phi) is 5.84. The van der Waals surface area contributed by atoms with Gasteiger partial charge >= 0.3 is 0 Å². The van der Waals surface area contributed by atoms with Crippen molar-refractivity contribution in [1.82, 2.24) is 24.7 Å². The van der Waals surface area contributed by atoms with Gasteiger partial charge in [0.15, 0.2) is 5.78 Å². The number of Topliss-reactive ketones (excluding diaryl/α,β-unsaturated/α-hetero) is 1. The van der Waals surface area contributed by atoms with E-state index in [0.29, 0.717) is 23.6 Å². The molecule has 4 aromatic rings. The maximum atomic E-state index is 12.6. The Bertz CT molecular complexity index is 1210. The molecule has 0 aliphatic rings. The van der Waals surface area contributed by atoms with Gasteiger partial charge in [-0.3, -0.25) is 24.4 Å². The fourth-order valence-electron chi connectivity index (χ4n) is 3.36. The third-order valence-corrected chi connectivity index (χ3v) is 4.98. The van der Waals surface area contributed by atoms with Gasteiger partial charge in [0.25, 0.3) is 0 Å². The summed E-state index contributed by atoms with van der Waals surface area (Å²) in [6, 6.07) is 7.79. The Labute approximate surface area is 180 Å². The summed E-state index contributed by atoms with van der Waals surface area (Å²) in [4.78, 5) is 25.7. The molecule has 0 spiro atoms. The Morgan fingerprint density at radius 1 is 1.06 bits per heavy atom. The highest BCUT2D eigenvalue weighted by atomic mass is 16.5. The number of nitrogens with zero attached hydrogens (tertiary/aromatic N) is 5. The van der Waals surface area contributed by atoms with Crippen LogP contribution in [0, 0.1) is 6.92 Å². The second kappa shape index (κ2) is 8.87. The number of ether oxygens (including phenoxy) is 1. The van der Waals surface area contributed by atoms with Gasteiger partial charge < -0.3 is 4.74 Å². The first-order valence-electron chi connectivity index (χ1n) is 10.1. The van der Waals surface area contributed by atoms with Crippen LogP contribution in [0.5, 0.6) is 5.75 Å². The highest BCUT2D eigenvalue weighted by Crippen LogP contribution is 2.33. The second-order valence-corrected chi connectivity index (χ2v) is 7.23. The smallest absolute Gasteiger partial charge is 0.170 e. The highest BCUT2D eigenvalue weighted by molar-refractivity contribution is 5.98. The predicted octanol–water partition coefficient (Wildman–Crippen LogP) is 4.07. The van der Waals surface area contributed by atoms with Gasteiger partial charge in [0.1, 0.15) is 5.75 Å². The molecule has 0 N–H and O–H groups in total. The van der Waals surface area contributed by atoms with Crippen LogP contribution < -0.4 is 4.74 Å². The molecule has 0 radical (unpaired) electrons. The molecule has 31 heavy (non-hydrogen) atoms. The quantitative estimate of drug-likeness (QED) is 0.425. The van der Waals surface area contributed by atoms with Crippen molar-refractivity contribution in [3.8, 4) is 28.1 Å². The van der Waals surface area contributed by atoms with E-state index in [2.05, 4.69) is 20.1 Å². The summed E-state index contributed by atoms with van der Waals surface area (Å²) in [5.74, 6) is 0.709. The second-order valence-electron chi connectivity index (χ2n) is 7.23. The first-order valence-corrected chi connectivity index (χ1v) is 10.1. The zero-order valence-electron chi connectivity index (χ0n) is 17.7. The largest absolute Gasteiger partial charge is 0.493 e. The van der Waals surface area contributed by atoms with E-state index >= 15 is 0 Å². The van der Waals surface area contributed by atoms with Crippen molar-refractivity contribution < 1.29 is 9.53 Å². The minimum atomic E-state index is -0.0266. The van der Waals surface area contributed by atoms with E-state index in [4.69, 9.17) is 4.74 Å². The molecule has 0 atom stereocenters. The first kappa shape index (κ1) is 20.4. The minimum Gasteiger partial charge on any atom is -0.493 e. The van der Waals surface area contributed by atoms with Gasteiger partial charge in [0, 0.05) is 48.5 Å². The molecule has 0 amide bonds. The number of benzene rings is 1. The van der Waals surface area contributed by atoms with Gasteiger partial charge in [0.2, 0.25) is 0 Å². The average molecular weight is 413 g/mol. The molecule has 0 fully saturated rings. The summed E-state index contributed by atoms with van der Waals surface area (Å²) in [6.45, 7) is 4.39. The lowest BCUT2D eigenvalue weighted by atomic mass is 10.0. The van der Waals surface area contributed by atoms with Gasteiger partial charge in [-0.15, -0.1) is 0 Å². The lowest BCUT2D eigenvalue weighted by Gasteiger charge is -2.12. The van der Waals surface area contributed by atoms with Crippen LogP contribution in [0.4, 0.5) is 0 Å². The van der Waals surface area contributed by atoms with E-state index in [1.54, 1.807) is 29.5 Å². The molecule has 0 unspecified atom stereocenters. The van der Waals surface area contributed by atoms with Crippen molar-refractivity contribution in [3.63, 3.8) is 0 Å². The van der Waals surface area contributed by atoms with Crippen molar-refractivity contribution in [2.45, 2.75) is 20.3 Å². The number of aromatic nitrogens is 5. The number of carbonyl (C=O) groups is 1. The summed E-state index contributed by atoms with van der Waals surface area (Å²) in [7, 11) is 1.89. The van der Waals surface area contributed by atoms with Crippen LogP contribution in [0.3, 0.4) is 0 Å². The molecular weight excluding hydrogens is 390 g/mol. The number of ketones is 1. The van der Waals surface area contributed by atoms with Crippen LogP contribution in [0.25, 0.3) is 22.4 Å². The zero-order chi connectivity index (χ0) is 21.8. The molecule has 7 heteroatoms. The van der Waals surface area contributed by atoms with E-state index in [1.807, 2.05) is 57.6 Å². The molecule has 0 aliphatic carbocycles. The first-order chi connectivity index (χ1) is 15.0. The van der Waals surface area contributed by atoms with Crippen LogP contribution in [0.1, 0.15) is 28.5 Å². The Morgan fingerprint density at radius 3 is 2.61 bits per heavy atom. The van der Waals surface area contributed by atoms with Gasteiger partial charge in [-0.05, 0) is 43.2 Å². The van der Waals surface area contributed by atoms with Crippen LogP contribution in [-0.4, -0.2) is 37.1 Å². The topological polar surface area (TPSA) is 82.8 Å². The number of aryl methyl sites for hydroxylation is 2. The summed E-state index contributed by atoms with van der Waals surface area (Å²) in [5, 5.41) is 4.25. The molecule has 1 aromatic carbocycles. The summed E-state index contributed by atoms with van der Waals surface area (Å²) < 4.78 is 7.57. The van der Waals surface area contributed by atoms with Crippen LogP contribution in [0.15, 0.2) is 61.4 Å². The molecule has 0 bridgehead atoms. The van der Waals surface area contributed by atoms with E-state index in [9.17, 15) is 4.79 Å². The maximum Gasteiger partial charge on any atom is 0.170 e. The van der Waals surface area contributed by atoms with Crippen LogP contribution in [0.2, 0.25) is 0 Å². The lowest BCUT2D eigenvalue weighted by molar-refractivity contribution is 0.0991. The van der Waals surface area contributed by atoms with Gasteiger partial charge in [0.05, 0.1) is 36.8 Å². The highest BCUT2D eigenvalue weighted by Gasteiger charge is 2.14. The van der Waals surface area contributed by atoms with Crippen LogP contribution >= 0.6 is 0 Å². The van der Waals surface area contributed by atoms with Crippen molar-refractivity contribution >= 4 is 5.78 Å². The number of hydrogen-bond acceptors (Lipinski definition) is 6. The minimum absolute atomic E-state index is 0.0266. The van der Waals surface area contributed by atoms with Gasteiger partial charge in [-0.1, -0.05) is 6.07 Å². The molecule has 4 rings (SSSR count). The molecular formula is C24H23N5O2. The summed E-state index contributed by atoms with van der Waals surface area (Å²) >= 11 is 0. The van der Waals surface area contributed by atoms with E-state index < -0.39 is 0 Å². The molecule has 0 saturated heterocycles. The van der Waals surface area contributed by atoms with Crippen molar-refractivity contribution in [3.05, 3.63) is 78.3 Å². The molecule has 0 saturated carbocycles. The standard InChI is InChI=1S/C24H23N5O2/c1-4-31-24-6-5-17(18-11-28-29(3)15-18)9-20(24)22-14-26-19(12-27-22)10-23(30)21-13-25-8-7-16(21)2/h5-9,11-15H,4,10H2,1-3H3. The molecule has 3 heterocycles. The zero-order valence-corrected chi connectivity index (χ0v) is 17.7. The van der Waals surface area contributed by atoms with E-state index in [0.717, 1.165) is 28.0 Å². The number of pyridine rings is 1. The van der Waals surface area contributed by atoms with Crippen LogP contribution in [-0.2, 0) is 13.5 Å². The molecule has 7 nitrogen and oxygen atoms in total. The van der Waals surface area contributed by atoms with Crippen molar-refractivity contribution in [1.29, 1.82) is 0 Å². The Balaban J connectivity index is 1.62.